The highest BCUT2D eigenvalue weighted by atomic mass is 16.6. The highest BCUT2D eigenvalue weighted by Gasteiger charge is 2.26. The lowest BCUT2D eigenvalue weighted by Gasteiger charge is -2.11. The van der Waals surface area contributed by atoms with Crippen LogP contribution in [0.5, 0.6) is 0 Å². The van der Waals surface area contributed by atoms with Crippen LogP contribution in [0, 0.1) is 20.2 Å². The van der Waals surface area contributed by atoms with Crippen LogP contribution in [0.2, 0.25) is 0 Å². The molecular formula is C18H11N5O4. The second kappa shape index (κ2) is 6.30. The highest BCUT2D eigenvalue weighted by Crippen LogP contribution is 2.39. The van der Waals surface area contributed by atoms with E-state index in [1.165, 1.54) is 12.3 Å². The van der Waals surface area contributed by atoms with Crippen LogP contribution in [0.3, 0.4) is 0 Å². The Morgan fingerprint density at radius 1 is 0.852 bits per heavy atom. The molecule has 2 aromatic heterocycles. The van der Waals surface area contributed by atoms with Crippen LogP contribution in [0.1, 0.15) is 0 Å². The molecule has 0 saturated heterocycles. The number of non-ortho nitro benzene ring substituents is 1. The molecule has 132 valence electrons. The van der Waals surface area contributed by atoms with Crippen LogP contribution in [0.25, 0.3) is 21.8 Å². The minimum Gasteiger partial charge on any atom is -0.348 e. The smallest absolute Gasteiger partial charge is 0.301 e. The van der Waals surface area contributed by atoms with Crippen molar-refractivity contribution in [3.8, 4) is 0 Å². The quantitative estimate of drug-likeness (QED) is 0.423. The fourth-order valence-corrected chi connectivity index (χ4v) is 2.93. The third-order valence-corrected chi connectivity index (χ3v) is 4.12. The maximum absolute atomic E-state index is 11.5. The summed E-state index contributed by atoms with van der Waals surface area (Å²) in [4.78, 5) is 29.9. The molecule has 9 nitrogen and oxygen atoms in total. The first kappa shape index (κ1) is 16.3. The van der Waals surface area contributed by atoms with Gasteiger partial charge in [-0.05, 0) is 36.4 Å². The number of nitro groups is 2. The van der Waals surface area contributed by atoms with Crippen molar-refractivity contribution in [1.82, 2.24) is 9.97 Å². The standard InChI is InChI=1S/C18H11N5O4/c24-22(25)15-10-16(23(26)27)18(17-13(15)4-2-8-20-17)21-12-5-6-14-11(9-12)3-1-7-19-14/h1-10,21H. The summed E-state index contributed by atoms with van der Waals surface area (Å²) in [7, 11) is 0. The van der Waals surface area contributed by atoms with E-state index in [4.69, 9.17) is 0 Å². The van der Waals surface area contributed by atoms with Gasteiger partial charge in [-0.1, -0.05) is 6.07 Å². The number of benzene rings is 2. The summed E-state index contributed by atoms with van der Waals surface area (Å²) < 4.78 is 0. The van der Waals surface area contributed by atoms with Gasteiger partial charge < -0.3 is 5.32 Å². The van der Waals surface area contributed by atoms with Crippen LogP contribution in [0.15, 0.2) is 60.9 Å². The molecule has 4 rings (SSSR count). The van der Waals surface area contributed by atoms with Gasteiger partial charge in [-0.15, -0.1) is 0 Å². The molecule has 0 amide bonds. The summed E-state index contributed by atoms with van der Waals surface area (Å²) in [6.07, 6.45) is 3.11. The topological polar surface area (TPSA) is 124 Å². The second-order valence-electron chi connectivity index (χ2n) is 5.74. The second-order valence-corrected chi connectivity index (χ2v) is 5.74. The highest BCUT2D eigenvalue weighted by molar-refractivity contribution is 6.02. The van der Waals surface area contributed by atoms with Crippen molar-refractivity contribution < 1.29 is 9.85 Å². The van der Waals surface area contributed by atoms with Crippen LogP contribution >= 0.6 is 0 Å². The van der Waals surface area contributed by atoms with Crippen LogP contribution in [0.4, 0.5) is 22.7 Å². The van der Waals surface area contributed by atoms with Crippen molar-refractivity contribution >= 4 is 44.6 Å². The van der Waals surface area contributed by atoms with Crippen molar-refractivity contribution in [3.05, 3.63) is 81.2 Å². The van der Waals surface area contributed by atoms with E-state index in [1.54, 1.807) is 36.5 Å². The van der Waals surface area contributed by atoms with Crippen molar-refractivity contribution in [1.29, 1.82) is 0 Å². The van der Waals surface area contributed by atoms with Crippen molar-refractivity contribution in [2.24, 2.45) is 0 Å². The number of pyridine rings is 2. The lowest BCUT2D eigenvalue weighted by molar-refractivity contribution is -0.392. The molecule has 4 aromatic rings. The molecule has 0 bridgehead atoms. The third kappa shape index (κ3) is 2.86. The zero-order chi connectivity index (χ0) is 19.0. The fourth-order valence-electron chi connectivity index (χ4n) is 2.93. The van der Waals surface area contributed by atoms with Crippen LogP contribution in [-0.4, -0.2) is 19.8 Å². The molecule has 0 fully saturated rings. The lowest BCUT2D eigenvalue weighted by atomic mass is 10.1. The first-order chi connectivity index (χ1) is 13.0. The van der Waals surface area contributed by atoms with E-state index in [0.717, 1.165) is 17.0 Å². The molecule has 0 atom stereocenters. The summed E-state index contributed by atoms with van der Waals surface area (Å²) in [5.41, 5.74) is 0.843. The minimum atomic E-state index is -0.661. The SMILES string of the molecule is O=[N+]([O-])c1cc([N+](=O)[O-])c2cccnc2c1Nc1ccc2ncccc2c1. The normalized spacial score (nSPS) is 10.8. The van der Waals surface area contributed by atoms with Gasteiger partial charge in [0.15, 0.2) is 0 Å². The molecule has 0 aliphatic heterocycles. The van der Waals surface area contributed by atoms with E-state index >= 15 is 0 Å². The maximum atomic E-state index is 11.5. The number of nitrogens with one attached hydrogen (secondary N) is 1. The Balaban J connectivity index is 1.94. The first-order valence-corrected chi connectivity index (χ1v) is 7.87. The Kier molecular flexibility index (Phi) is 3.81. The van der Waals surface area contributed by atoms with Gasteiger partial charge in [-0.2, -0.15) is 0 Å². The summed E-state index contributed by atoms with van der Waals surface area (Å²) in [5, 5.41) is 27.0. The molecule has 0 spiro atoms. The molecule has 0 aliphatic carbocycles. The molecule has 1 N–H and O–H groups in total. The lowest BCUT2D eigenvalue weighted by Crippen LogP contribution is -2.02. The average Bonchev–Trinajstić information content (AvgIpc) is 2.67. The van der Waals surface area contributed by atoms with Crippen molar-refractivity contribution in [2.45, 2.75) is 0 Å². The summed E-state index contributed by atoms with van der Waals surface area (Å²) in [6, 6.07) is 13.0. The summed E-state index contributed by atoms with van der Waals surface area (Å²) in [6.45, 7) is 0. The van der Waals surface area contributed by atoms with E-state index in [-0.39, 0.29) is 22.3 Å². The first-order valence-electron chi connectivity index (χ1n) is 7.87. The van der Waals surface area contributed by atoms with Gasteiger partial charge in [0.05, 0.1) is 26.8 Å². The largest absolute Gasteiger partial charge is 0.348 e. The van der Waals surface area contributed by atoms with Crippen molar-refractivity contribution in [2.75, 3.05) is 5.32 Å². The number of fused-ring (bicyclic) bond motifs is 2. The van der Waals surface area contributed by atoms with E-state index in [9.17, 15) is 20.2 Å². The third-order valence-electron chi connectivity index (χ3n) is 4.12. The van der Waals surface area contributed by atoms with Crippen LogP contribution in [-0.2, 0) is 0 Å². The minimum absolute atomic E-state index is 0.101. The van der Waals surface area contributed by atoms with Crippen molar-refractivity contribution in [3.63, 3.8) is 0 Å². The predicted octanol–water partition coefficient (Wildman–Crippen LogP) is 4.34. The zero-order valence-electron chi connectivity index (χ0n) is 13.7. The number of hydrogen-bond donors (Lipinski definition) is 1. The average molecular weight is 361 g/mol. The Morgan fingerprint density at radius 2 is 1.59 bits per heavy atom. The van der Waals surface area contributed by atoms with E-state index in [1.807, 2.05) is 6.07 Å². The number of anilines is 2. The Labute approximate surface area is 151 Å². The number of nitrogens with zero attached hydrogens (tertiary/aromatic N) is 4. The van der Waals surface area contributed by atoms with Gasteiger partial charge in [0.25, 0.3) is 5.69 Å². The van der Waals surface area contributed by atoms with Gasteiger partial charge >= 0.3 is 5.69 Å². The Morgan fingerprint density at radius 3 is 2.37 bits per heavy atom. The van der Waals surface area contributed by atoms with Crippen LogP contribution < -0.4 is 5.32 Å². The molecule has 0 radical (unpaired) electrons. The number of nitro benzene ring substituents is 2. The maximum Gasteiger partial charge on any atom is 0.301 e. The Hall–Kier alpha value is -4.14. The molecule has 2 aromatic carbocycles. The molecule has 9 heteroatoms. The van der Waals surface area contributed by atoms with Gasteiger partial charge in [0, 0.05) is 23.5 Å². The number of hydrogen-bond acceptors (Lipinski definition) is 7. The molecular weight excluding hydrogens is 350 g/mol. The van der Waals surface area contributed by atoms with E-state index in [0.29, 0.717) is 5.69 Å². The monoisotopic (exact) mass is 361 g/mol. The van der Waals surface area contributed by atoms with Gasteiger partial charge in [-0.3, -0.25) is 30.2 Å². The molecule has 2 heterocycles. The zero-order valence-corrected chi connectivity index (χ0v) is 13.7. The van der Waals surface area contributed by atoms with Gasteiger partial charge in [-0.25, -0.2) is 0 Å². The van der Waals surface area contributed by atoms with E-state index in [2.05, 4.69) is 15.3 Å². The fraction of sp³-hybridized carbons (Fsp3) is 0. The molecule has 27 heavy (non-hydrogen) atoms. The molecule has 0 saturated carbocycles. The summed E-state index contributed by atoms with van der Waals surface area (Å²) >= 11 is 0. The number of aromatic nitrogens is 2. The molecule has 0 aliphatic rings. The Bertz CT molecular complexity index is 1220. The predicted molar refractivity (Wildman–Crippen MR) is 100 cm³/mol. The summed E-state index contributed by atoms with van der Waals surface area (Å²) in [5.74, 6) is 0. The van der Waals surface area contributed by atoms with Gasteiger partial charge in [0.1, 0.15) is 11.2 Å². The molecule has 0 unspecified atom stereocenters. The van der Waals surface area contributed by atoms with Gasteiger partial charge in [0.2, 0.25) is 0 Å². The van der Waals surface area contributed by atoms with E-state index < -0.39 is 15.5 Å². The number of rotatable bonds is 4.